The highest BCUT2D eigenvalue weighted by Gasteiger charge is 2.23. The third-order valence-electron chi connectivity index (χ3n) is 3.19. The van der Waals surface area contributed by atoms with Crippen LogP contribution in [-0.2, 0) is 14.4 Å². The summed E-state index contributed by atoms with van der Waals surface area (Å²) in [5.74, 6) is -1.75. The molecule has 2 amide bonds. The Morgan fingerprint density at radius 2 is 2.16 bits per heavy atom. The Kier molecular flexibility index (Phi) is 6.27. The largest absolute Gasteiger partial charge is 0.480 e. The maximum atomic E-state index is 11.8. The second kappa shape index (κ2) is 7.73. The Morgan fingerprint density at radius 3 is 2.68 bits per heavy atom. The van der Waals surface area contributed by atoms with Crippen molar-refractivity contribution in [3.8, 4) is 0 Å². The van der Waals surface area contributed by atoms with Crippen molar-refractivity contribution in [2.24, 2.45) is 11.7 Å². The van der Waals surface area contributed by atoms with E-state index in [1.807, 2.05) is 0 Å². The van der Waals surface area contributed by atoms with Crippen molar-refractivity contribution in [2.75, 3.05) is 13.1 Å². The van der Waals surface area contributed by atoms with Gasteiger partial charge < -0.3 is 21.5 Å². The number of nitrogens with one attached hydrogen (secondary N) is 2. The molecule has 0 spiro atoms. The zero-order valence-corrected chi connectivity index (χ0v) is 10.9. The van der Waals surface area contributed by atoms with Crippen LogP contribution in [0.5, 0.6) is 0 Å². The number of carboxylic acid groups (broad SMARTS) is 1. The molecule has 1 aliphatic heterocycles. The molecule has 1 aliphatic rings. The second-order valence-electron chi connectivity index (χ2n) is 4.88. The molecule has 0 saturated carbocycles. The Morgan fingerprint density at radius 1 is 1.42 bits per heavy atom. The predicted octanol–water partition coefficient (Wildman–Crippen LogP) is -0.789. The highest BCUT2D eigenvalue weighted by Crippen LogP contribution is 2.14. The first-order chi connectivity index (χ1) is 8.99. The minimum absolute atomic E-state index is 0.0271. The number of nitrogens with two attached hydrogens (primary N) is 1. The summed E-state index contributed by atoms with van der Waals surface area (Å²) < 4.78 is 0. The smallest absolute Gasteiger partial charge is 0.326 e. The molecule has 0 radical (unpaired) electrons. The number of carbonyl (C=O) groups excluding carboxylic acids is 2. The van der Waals surface area contributed by atoms with E-state index in [2.05, 4.69) is 10.6 Å². The number of hydrogen-bond acceptors (Lipinski definition) is 4. The van der Waals surface area contributed by atoms with Crippen LogP contribution in [0.25, 0.3) is 0 Å². The average Bonchev–Trinajstić information content (AvgIpc) is 2.35. The molecule has 1 fully saturated rings. The SMILES string of the molecule is NC(=O)CCC(NC(=O)CC1CCCNC1)C(=O)O. The van der Waals surface area contributed by atoms with Crippen molar-refractivity contribution in [1.82, 2.24) is 10.6 Å². The minimum atomic E-state index is -1.14. The molecule has 108 valence electrons. The molecule has 0 aliphatic carbocycles. The number of aliphatic carboxylic acids is 1. The number of hydrogen-bond donors (Lipinski definition) is 4. The van der Waals surface area contributed by atoms with Gasteiger partial charge in [0.15, 0.2) is 0 Å². The fourth-order valence-electron chi connectivity index (χ4n) is 2.16. The van der Waals surface area contributed by atoms with Gasteiger partial charge in [0.25, 0.3) is 0 Å². The number of carbonyl (C=O) groups is 3. The standard InChI is InChI=1S/C12H21N3O4/c13-10(16)4-3-9(12(18)19)15-11(17)6-8-2-1-5-14-7-8/h8-9,14H,1-7H2,(H2,13,16)(H,15,17)(H,18,19). The topological polar surface area (TPSA) is 122 Å². The Bertz CT molecular complexity index is 340. The van der Waals surface area contributed by atoms with E-state index < -0.39 is 17.9 Å². The predicted molar refractivity (Wildman–Crippen MR) is 68.2 cm³/mol. The highest BCUT2D eigenvalue weighted by atomic mass is 16.4. The van der Waals surface area contributed by atoms with Crippen molar-refractivity contribution in [3.05, 3.63) is 0 Å². The van der Waals surface area contributed by atoms with Crippen LogP contribution >= 0.6 is 0 Å². The van der Waals surface area contributed by atoms with Gasteiger partial charge in [-0.25, -0.2) is 4.79 Å². The van der Waals surface area contributed by atoms with Crippen molar-refractivity contribution in [2.45, 2.75) is 38.1 Å². The number of piperidine rings is 1. The lowest BCUT2D eigenvalue weighted by Crippen LogP contribution is -2.43. The number of primary amides is 1. The van der Waals surface area contributed by atoms with E-state index in [-0.39, 0.29) is 24.7 Å². The lowest BCUT2D eigenvalue weighted by Gasteiger charge is -2.23. The zero-order chi connectivity index (χ0) is 14.3. The maximum absolute atomic E-state index is 11.8. The van der Waals surface area contributed by atoms with Gasteiger partial charge in [-0.05, 0) is 38.3 Å². The monoisotopic (exact) mass is 271 g/mol. The summed E-state index contributed by atoms with van der Waals surface area (Å²) in [5.41, 5.74) is 4.97. The zero-order valence-electron chi connectivity index (χ0n) is 10.9. The quantitative estimate of drug-likeness (QED) is 0.483. The normalized spacial score (nSPS) is 20.5. The molecule has 2 atom stereocenters. The Balaban J connectivity index is 2.37. The van der Waals surface area contributed by atoms with Gasteiger partial charge in [-0.2, -0.15) is 0 Å². The van der Waals surface area contributed by atoms with Gasteiger partial charge in [-0.3, -0.25) is 9.59 Å². The average molecular weight is 271 g/mol. The van der Waals surface area contributed by atoms with E-state index in [1.165, 1.54) is 0 Å². The molecule has 1 heterocycles. The molecule has 0 aromatic heterocycles. The molecule has 5 N–H and O–H groups in total. The Labute approximate surface area is 111 Å². The molecule has 1 rings (SSSR count). The lowest BCUT2D eigenvalue weighted by molar-refractivity contribution is -0.142. The molecular weight excluding hydrogens is 250 g/mol. The van der Waals surface area contributed by atoms with Crippen LogP contribution < -0.4 is 16.4 Å². The van der Waals surface area contributed by atoms with Crippen LogP contribution in [0, 0.1) is 5.92 Å². The van der Waals surface area contributed by atoms with E-state index in [4.69, 9.17) is 10.8 Å². The molecule has 0 aromatic carbocycles. The van der Waals surface area contributed by atoms with Crippen LogP contribution in [0.4, 0.5) is 0 Å². The molecule has 7 heteroatoms. The summed E-state index contributed by atoms with van der Waals surface area (Å²) in [7, 11) is 0. The number of rotatable bonds is 7. The highest BCUT2D eigenvalue weighted by molar-refractivity contribution is 5.84. The van der Waals surface area contributed by atoms with Gasteiger partial charge in [-0.15, -0.1) is 0 Å². The summed E-state index contributed by atoms with van der Waals surface area (Å²) in [6.07, 6.45) is 2.29. The van der Waals surface area contributed by atoms with Crippen molar-refractivity contribution >= 4 is 17.8 Å². The van der Waals surface area contributed by atoms with Crippen molar-refractivity contribution < 1.29 is 19.5 Å². The van der Waals surface area contributed by atoms with E-state index in [0.29, 0.717) is 6.42 Å². The number of amides is 2. The first kappa shape index (κ1) is 15.4. The maximum Gasteiger partial charge on any atom is 0.326 e. The van der Waals surface area contributed by atoms with E-state index in [9.17, 15) is 14.4 Å². The number of carboxylic acids is 1. The van der Waals surface area contributed by atoms with E-state index >= 15 is 0 Å². The molecule has 1 saturated heterocycles. The van der Waals surface area contributed by atoms with E-state index in [1.54, 1.807) is 0 Å². The first-order valence-electron chi connectivity index (χ1n) is 6.50. The van der Waals surface area contributed by atoms with Gasteiger partial charge in [0.1, 0.15) is 6.04 Å². The third-order valence-corrected chi connectivity index (χ3v) is 3.19. The van der Waals surface area contributed by atoms with Crippen LogP contribution in [0.15, 0.2) is 0 Å². The van der Waals surface area contributed by atoms with Crippen molar-refractivity contribution in [3.63, 3.8) is 0 Å². The fourth-order valence-corrected chi connectivity index (χ4v) is 2.16. The fraction of sp³-hybridized carbons (Fsp3) is 0.750. The summed E-state index contributed by atoms with van der Waals surface area (Å²) in [5, 5.41) is 14.6. The minimum Gasteiger partial charge on any atom is -0.480 e. The van der Waals surface area contributed by atoms with Gasteiger partial charge in [0.05, 0.1) is 0 Å². The molecule has 0 aromatic rings. The first-order valence-corrected chi connectivity index (χ1v) is 6.50. The van der Waals surface area contributed by atoms with Crippen LogP contribution in [0.1, 0.15) is 32.1 Å². The van der Waals surface area contributed by atoms with Crippen LogP contribution in [0.3, 0.4) is 0 Å². The molecule has 2 unspecified atom stereocenters. The molecular formula is C12H21N3O4. The van der Waals surface area contributed by atoms with Gasteiger partial charge in [0, 0.05) is 12.8 Å². The second-order valence-corrected chi connectivity index (χ2v) is 4.88. The molecule has 7 nitrogen and oxygen atoms in total. The summed E-state index contributed by atoms with van der Waals surface area (Å²) in [6, 6.07) is -1.04. The summed E-state index contributed by atoms with van der Waals surface area (Å²) >= 11 is 0. The van der Waals surface area contributed by atoms with Crippen LogP contribution in [0.2, 0.25) is 0 Å². The van der Waals surface area contributed by atoms with Crippen molar-refractivity contribution in [1.29, 1.82) is 0 Å². The molecule has 19 heavy (non-hydrogen) atoms. The lowest BCUT2D eigenvalue weighted by atomic mass is 9.95. The molecule has 0 bridgehead atoms. The van der Waals surface area contributed by atoms with Gasteiger partial charge in [-0.1, -0.05) is 0 Å². The van der Waals surface area contributed by atoms with Gasteiger partial charge >= 0.3 is 5.97 Å². The Hall–Kier alpha value is -1.63. The van der Waals surface area contributed by atoms with Crippen LogP contribution in [-0.4, -0.2) is 42.0 Å². The third kappa shape index (κ3) is 6.19. The van der Waals surface area contributed by atoms with Gasteiger partial charge in [0.2, 0.25) is 11.8 Å². The van der Waals surface area contributed by atoms with E-state index in [0.717, 1.165) is 25.9 Å². The summed E-state index contributed by atoms with van der Waals surface area (Å²) in [4.78, 5) is 33.4. The summed E-state index contributed by atoms with van der Waals surface area (Å²) in [6.45, 7) is 1.75.